The van der Waals surface area contributed by atoms with Crippen LogP contribution >= 0.6 is 22.9 Å². The van der Waals surface area contributed by atoms with Gasteiger partial charge in [-0.25, -0.2) is 9.97 Å². The highest BCUT2D eigenvalue weighted by atomic mass is 35.5. The van der Waals surface area contributed by atoms with E-state index >= 15 is 0 Å². The van der Waals surface area contributed by atoms with Gasteiger partial charge in [0.2, 0.25) is 5.95 Å². The lowest BCUT2D eigenvalue weighted by molar-refractivity contribution is 0.589. The fraction of sp³-hybridized carbons (Fsp3) is 0.368. The zero-order valence-corrected chi connectivity index (χ0v) is 15.3. The summed E-state index contributed by atoms with van der Waals surface area (Å²) in [7, 11) is 0. The number of benzene rings is 1. The molecule has 130 valence electrons. The molecule has 0 saturated carbocycles. The van der Waals surface area contributed by atoms with Gasteiger partial charge in [0, 0.05) is 10.6 Å². The second-order valence-electron chi connectivity index (χ2n) is 5.74. The molecule has 5 heteroatoms. The molecule has 0 N–H and O–H groups in total. The standard InChI is InChI=1S/C13H8ClFN2S.C5H12.CH4/c1-7-2-3-8(6-9(7)14)12-16-10-4-5-11(15)17-13(10)18-12;1-4-5(2)3;/h2-6H,1H3;5H,4H2,1-3H3;1H4. The van der Waals surface area contributed by atoms with Gasteiger partial charge in [-0.2, -0.15) is 4.39 Å². The number of pyridine rings is 1. The van der Waals surface area contributed by atoms with E-state index in [1.54, 1.807) is 6.07 Å². The van der Waals surface area contributed by atoms with Gasteiger partial charge >= 0.3 is 0 Å². The third-order valence-corrected chi connectivity index (χ3v) is 4.88. The van der Waals surface area contributed by atoms with Crippen molar-refractivity contribution < 1.29 is 4.39 Å². The van der Waals surface area contributed by atoms with Gasteiger partial charge in [-0.05, 0) is 36.6 Å². The van der Waals surface area contributed by atoms with Crippen LogP contribution in [0.1, 0.15) is 40.2 Å². The van der Waals surface area contributed by atoms with E-state index < -0.39 is 5.95 Å². The second-order valence-corrected chi connectivity index (χ2v) is 7.13. The molecule has 0 fully saturated rings. The number of rotatable bonds is 2. The molecule has 0 amide bonds. The molecule has 0 radical (unpaired) electrons. The summed E-state index contributed by atoms with van der Waals surface area (Å²) < 4.78 is 13.0. The Kier molecular flexibility index (Phi) is 7.77. The zero-order valence-electron chi connectivity index (χ0n) is 13.7. The van der Waals surface area contributed by atoms with Crippen molar-refractivity contribution in [2.24, 2.45) is 5.92 Å². The first-order chi connectivity index (χ1) is 10.9. The van der Waals surface area contributed by atoms with Crippen LogP contribution in [-0.2, 0) is 0 Å². The van der Waals surface area contributed by atoms with Crippen LogP contribution in [0.25, 0.3) is 20.9 Å². The Balaban J connectivity index is 0.000000425. The molecule has 24 heavy (non-hydrogen) atoms. The predicted molar refractivity (Wildman–Crippen MR) is 104 cm³/mol. The van der Waals surface area contributed by atoms with Gasteiger partial charge in [0.1, 0.15) is 15.4 Å². The molecule has 0 bridgehead atoms. The van der Waals surface area contributed by atoms with Crippen LogP contribution in [0.15, 0.2) is 30.3 Å². The quantitative estimate of drug-likeness (QED) is 0.450. The van der Waals surface area contributed by atoms with Gasteiger partial charge in [0.05, 0.1) is 0 Å². The fourth-order valence-electron chi connectivity index (χ4n) is 1.64. The topological polar surface area (TPSA) is 25.8 Å². The normalized spacial score (nSPS) is 10.3. The van der Waals surface area contributed by atoms with Crippen molar-refractivity contribution in [2.75, 3.05) is 0 Å². The summed E-state index contributed by atoms with van der Waals surface area (Å²) in [6, 6.07) is 8.71. The van der Waals surface area contributed by atoms with E-state index in [1.807, 2.05) is 25.1 Å². The maximum absolute atomic E-state index is 13.0. The van der Waals surface area contributed by atoms with Crippen LogP contribution in [-0.4, -0.2) is 9.97 Å². The van der Waals surface area contributed by atoms with E-state index in [9.17, 15) is 4.39 Å². The number of halogens is 2. The molecule has 3 rings (SSSR count). The maximum Gasteiger partial charge on any atom is 0.214 e. The minimum Gasteiger partial charge on any atom is -0.234 e. The Morgan fingerprint density at radius 3 is 2.42 bits per heavy atom. The molecule has 0 spiro atoms. The summed E-state index contributed by atoms with van der Waals surface area (Å²) in [5, 5.41) is 1.50. The molecule has 0 atom stereocenters. The van der Waals surface area contributed by atoms with E-state index in [4.69, 9.17) is 11.6 Å². The van der Waals surface area contributed by atoms with E-state index in [-0.39, 0.29) is 7.43 Å². The Morgan fingerprint density at radius 2 is 1.83 bits per heavy atom. The number of hydrogen-bond acceptors (Lipinski definition) is 3. The fourth-order valence-corrected chi connectivity index (χ4v) is 2.75. The molecule has 0 aliphatic carbocycles. The van der Waals surface area contributed by atoms with Crippen LogP contribution in [0.5, 0.6) is 0 Å². The Labute approximate surface area is 152 Å². The molecule has 2 nitrogen and oxygen atoms in total. The first kappa shape index (κ1) is 20.5. The van der Waals surface area contributed by atoms with E-state index in [0.29, 0.717) is 15.4 Å². The second kappa shape index (κ2) is 9.09. The molecule has 2 heterocycles. The minimum absolute atomic E-state index is 0. The Morgan fingerprint density at radius 1 is 1.17 bits per heavy atom. The zero-order chi connectivity index (χ0) is 17.0. The summed E-state index contributed by atoms with van der Waals surface area (Å²) in [5.74, 6) is 0.398. The predicted octanol–water partition coefficient (Wildman–Crippen LogP) is 7.15. The smallest absolute Gasteiger partial charge is 0.214 e. The molecular weight excluding hydrogens is 343 g/mol. The first-order valence-electron chi connectivity index (χ1n) is 7.60. The van der Waals surface area contributed by atoms with Gasteiger partial charge in [-0.1, -0.05) is 69.7 Å². The van der Waals surface area contributed by atoms with Crippen LogP contribution in [0.4, 0.5) is 4.39 Å². The van der Waals surface area contributed by atoms with E-state index in [1.165, 1.54) is 23.8 Å². The minimum atomic E-state index is -0.486. The molecule has 0 aliphatic rings. The molecule has 1 aromatic carbocycles. The van der Waals surface area contributed by atoms with Crippen molar-refractivity contribution >= 4 is 33.3 Å². The summed E-state index contributed by atoms with van der Waals surface area (Å²) in [4.78, 5) is 8.84. The maximum atomic E-state index is 13.0. The average Bonchev–Trinajstić information content (AvgIpc) is 2.93. The monoisotopic (exact) mass is 366 g/mol. The molecule has 2 aromatic heterocycles. The molecule has 0 saturated heterocycles. The van der Waals surface area contributed by atoms with Crippen molar-refractivity contribution in [2.45, 2.75) is 41.5 Å². The molecular formula is C19H24ClFN2S. The highest BCUT2D eigenvalue weighted by molar-refractivity contribution is 7.21. The van der Waals surface area contributed by atoms with E-state index in [0.717, 1.165) is 22.1 Å². The SMILES string of the molecule is C.CCC(C)C.Cc1ccc(-c2nc3ccc(F)nc3s2)cc1Cl. The lowest BCUT2D eigenvalue weighted by Gasteiger charge is -1.99. The van der Waals surface area contributed by atoms with Crippen molar-refractivity contribution in [3.8, 4) is 10.6 Å². The first-order valence-corrected chi connectivity index (χ1v) is 8.79. The van der Waals surface area contributed by atoms with Gasteiger partial charge in [-0.3, -0.25) is 0 Å². The lowest BCUT2D eigenvalue weighted by atomic mass is 10.1. The van der Waals surface area contributed by atoms with Crippen LogP contribution in [0.3, 0.4) is 0 Å². The number of aromatic nitrogens is 2. The largest absolute Gasteiger partial charge is 0.234 e. The van der Waals surface area contributed by atoms with Gasteiger partial charge < -0.3 is 0 Å². The van der Waals surface area contributed by atoms with Gasteiger partial charge in [0.25, 0.3) is 0 Å². The lowest BCUT2D eigenvalue weighted by Crippen LogP contribution is -1.80. The third kappa shape index (κ3) is 5.25. The number of thiazole rings is 1. The van der Waals surface area contributed by atoms with Crippen molar-refractivity contribution in [3.63, 3.8) is 0 Å². The number of hydrogen-bond donors (Lipinski definition) is 0. The number of fused-ring (bicyclic) bond motifs is 1. The highest BCUT2D eigenvalue weighted by Gasteiger charge is 2.09. The molecule has 3 aromatic rings. The molecule has 0 unspecified atom stereocenters. The van der Waals surface area contributed by atoms with Gasteiger partial charge in [0.15, 0.2) is 0 Å². The Bertz CT molecular complexity index is 799. The number of aryl methyl sites for hydroxylation is 1. The van der Waals surface area contributed by atoms with Crippen molar-refractivity contribution in [3.05, 3.63) is 46.9 Å². The summed E-state index contributed by atoms with van der Waals surface area (Å²) in [6.07, 6.45) is 1.31. The third-order valence-electron chi connectivity index (χ3n) is 3.46. The van der Waals surface area contributed by atoms with Crippen LogP contribution < -0.4 is 0 Å². The van der Waals surface area contributed by atoms with E-state index in [2.05, 4.69) is 30.7 Å². The molecule has 0 aliphatic heterocycles. The summed E-state index contributed by atoms with van der Waals surface area (Å²) in [5.41, 5.74) is 2.65. The van der Waals surface area contributed by atoms with Gasteiger partial charge in [-0.15, -0.1) is 0 Å². The highest BCUT2D eigenvalue weighted by Crippen LogP contribution is 2.31. The summed E-state index contributed by atoms with van der Waals surface area (Å²) >= 11 is 7.45. The summed E-state index contributed by atoms with van der Waals surface area (Å²) in [6.45, 7) is 8.59. The van der Waals surface area contributed by atoms with Crippen LogP contribution in [0.2, 0.25) is 5.02 Å². The van der Waals surface area contributed by atoms with Crippen molar-refractivity contribution in [1.29, 1.82) is 0 Å². The average molecular weight is 367 g/mol. The Hall–Kier alpha value is -1.52. The number of nitrogens with zero attached hydrogens (tertiary/aromatic N) is 2. The van der Waals surface area contributed by atoms with Crippen molar-refractivity contribution in [1.82, 2.24) is 9.97 Å². The van der Waals surface area contributed by atoms with Crippen LogP contribution in [0, 0.1) is 18.8 Å².